The van der Waals surface area contributed by atoms with Gasteiger partial charge < -0.3 is 19.6 Å². The van der Waals surface area contributed by atoms with E-state index < -0.39 is 17.5 Å². The third-order valence-electron chi connectivity index (χ3n) is 3.76. The SMILES string of the molecule is COC(=O)C1=C(N)Oc2cc(C)oc(=O)c2[C@@H]1c1ccccc1Cl. The summed E-state index contributed by atoms with van der Waals surface area (Å²) in [6, 6.07) is 8.40. The van der Waals surface area contributed by atoms with Crippen LogP contribution in [0.15, 0.2) is 51.0 Å². The topological polar surface area (TPSA) is 91.8 Å². The summed E-state index contributed by atoms with van der Waals surface area (Å²) >= 11 is 6.28. The highest BCUT2D eigenvalue weighted by Crippen LogP contribution is 2.43. The van der Waals surface area contributed by atoms with Crippen LogP contribution in [0.4, 0.5) is 0 Å². The first-order chi connectivity index (χ1) is 11.4. The smallest absolute Gasteiger partial charge is 0.343 e. The molecule has 0 saturated heterocycles. The van der Waals surface area contributed by atoms with E-state index in [1.165, 1.54) is 7.11 Å². The van der Waals surface area contributed by atoms with E-state index in [0.29, 0.717) is 16.3 Å². The minimum Gasteiger partial charge on any atom is -0.465 e. The number of benzene rings is 1. The van der Waals surface area contributed by atoms with Gasteiger partial charge in [-0.05, 0) is 18.6 Å². The molecule has 3 rings (SSSR count). The highest BCUT2D eigenvalue weighted by molar-refractivity contribution is 6.31. The van der Waals surface area contributed by atoms with Crippen LogP contribution in [-0.2, 0) is 9.53 Å². The minimum atomic E-state index is -0.841. The Bertz CT molecular complexity index is 915. The molecule has 0 spiro atoms. The van der Waals surface area contributed by atoms with Crippen molar-refractivity contribution < 1.29 is 18.7 Å². The summed E-state index contributed by atoms with van der Waals surface area (Å²) < 4.78 is 15.4. The van der Waals surface area contributed by atoms with Gasteiger partial charge in [-0.15, -0.1) is 0 Å². The standard InChI is InChI=1S/C17H14ClNO5/c1-8-7-11-13(17(21)23-8)12(9-5-3-4-6-10(9)18)14(15(19)24-11)16(20)22-2/h3-7,12H,19H2,1-2H3/t12-/m0/s1. The van der Waals surface area contributed by atoms with Gasteiger partial charge in [0.15, 0.2) is 0 Å². The molecule has 2 heterocycles. The number of hydrogen-bond donors (Lipinski definition) is 1. The number of ether oxygens (including phenoxy) is 2. The van der Waals surface area contributed by atoms with Crippen LogP contribution in [0.1, 0.15) is 22.8 Å². The normalized spacial score (nSPS) is 16.4. The Morgan fingerprint density at radius 3 is 2.71 bits per heavy atom. The van der Waals surface area contributed by atoms with Crippen LogP contribution in [0.25, 0.3) is 0 Å². The van der Waals surface area contributed by atoms with Crippen molar-refractivity contribution in [1.82, 2.24) is 0 Å². The van der Waals surface area contributed by atoms with Gasteiger partial charge in [0.25, 0.3) is 0 Å². The summed E-state index contributed by atoms with van der Waals surface area (Å²) in [5.74, 6) is -1.08. The third kappa shape index (κ3) is 2.55. The Balaban J connectivity index is 2.35. The van der Waals surface area contributed by atoms with Crippen LogP contribution in [0, 0.1) is 6.92 Å². The average Bonchev–Trinajstić information content (AvgIpc) is 2.53. The zero-order valence-electron chi connectivity index (χ0n) is 13.0. The Morgan fingerprint density at radius 2 is 2.04 bits per heavy atom. The second kappa shape index (κ2) is 6.05. The Kier molecular flexibility index (Phi) is 4.07. The molecule has 2 N–H and O–H groups in total. The number of esters is 1. The molecular formula is C17H14ClNO5. The van der Waals surface area contributed by atoms with Crippen molar-refractivity contribution in [2.45, 2.75) is 12.8 Å². The highest BCUT2D eigenvalue weighted by atomic mass is 35.5. The van der Waals surface area contributed by atoms with E-state index in [2.05, 4.69) is 0 Å². The number of aryl methyl sites for hydroxylation is 1. The Morgan fingerprint density at radius 1 is 1.33 bits per heavy atom. The van der Waals surface area contributed by atoms with Gasteiger partial charge in [0.1, 0.15) is 17.1 Å². The van der Waals surface area contributed by atoms with Gasteiger partial charge in [-0.1, -0.05) is 29.8 Å². The summed E-state index contributed by atoms with van der Waals surface area (Å²) in [5.41, 5.74) is 6.00. The van der Waals surface area contributed by atoms with Crippen LogP contribution in [0.2, 0.25) is 5.02 Å². The maximum Gasteiger partial charge on any atom is 0.343 e. The van der Waals surface area contributed by atoms with Crippen molar-refractivity contribution >= 4 is 17.6 Å². The number of methoxy groups -OCH3 is 1. The molecule has 0 radical (unpaired) electrons. The maximum atomic E-state index is 12.4. The fraction of sp³-hybridized carbons (Fsp3) is 0.176. The van der Waals surface area contributed by atoms with Gasteiger partial charge >= 0.3 is 11.6 Å². The molecule has 24 heavy (non-hydrogen) atoms. The lowest BCUT2D eigenvalue weighted by molar-refractivity contribution is -0.136. The molecule has 0 fully saturated rings. The van der Waals surface area contributed by atoms with Crippen LogP contribution >= 0.6 is 11.6 Å². The Hall–Kier alpha value is -2.73. The van der Waals surface area contributed by atoms with Gasteiger partial charge in [-0.25, -0.2) is 9.59 Å². The molecule has 1 aromatic heterocycles. The molecule has 0 bridgehead atoms. The van der Waals surface area contributed by atoms with Crippen LogP contribution in [0.5, 0.6) is 5.75 Å². The van der Waals surface area contributed by atoms with Crippen molar-refractivity contribution in [3.05, 3.63) is 74.1 Å². The van der Waals surface area contributed by atoms with Gasteiger partial charge in [0.05, 0.1) is 18.6 Å². The summed E-state index contributed by atoms with van der Waals surface area (Å²) in [6.07, 6.45) is 0. The first-order valence-electron chi connectivity index (χ1n) is 7.09. The van der Waals surface area contributed by atoms with Gasteiger partial charge in [0.2, 0.25) is 5.88 Å². The van der Waals surface area contributed by atoms with Crippen molar-refractivity contribution in [2.75, 3.05) is 7.11 Å². The summed E-state index contributed by atoms with van der Waals surface area (Å²) in [6.45, 7) is 1.62. The fourth-order valence-corrected chi connectivity index (χ4v) is 2.99. The third-order valence-corrected chi connectivity index (χ3v) is 4.10. The van der Waals surface area contributed by atoms with Crippen LogP contribution in [0.3, 0.4) is 0 Å². The van der Waals surface area contributed by atoms with Gasteiger partial charge in [-0.3, -0.25) is 0 Å². The number of rotatable bonds is 2. The number of nitrogens with two attached hydrogens (primary N) is 1. The molecule has 6 nitrogen and oxygen atoms in total. The molecule has 1 aromatic carbocycles. The summed E-state index contributed by atoms with van der Waals surface area (Å²) in [7, 11) is 1.22. The highest BCUT2D eigenvalue weighted by Gasteiger charge is 2.39. The summed E-state index contributed by atoms with van der Waals surface area (Å²) in [4.78, 5) is 24.7. The molecule has 1 aliphatic heterocycles. The predicted molar refractivity (Wildman–Crippen MR) is 86.9 cm³/mol. The largest absolute Gasteiger partial charge is 0.465 e. The monoisotopic (exact) mass is 347 g/mol. The molecule has 0 saturated carbocycles. The van der Waals surface area contributed by atoms with Gasteiger partial charge in [-0.2, -0.15) is 0 Å². The molecule has 1 atom stereocenters. The number of hydrogen-bond acceptors (Lipinski definition) is 6. The second-order valence-corrected chi connectivity index (χ2v) is 5.66. The Labute approximate surface area is 142 Å². The molecule has 124 valence electrons. The van der Waals surface area contributed by atoms with Crippen LogP contribution < -0.4 is 16.1 Å². The quantitative estimate of drug-likeness (QED) is 0.839. The number of carbonyl (C=O) groups excluding carboxylic acids is 1. The first-order valence-corrected chi connectivity index (χ1v) is 7.46. The van der Waals surface area contributed by atoms with E-state index in [1.807, 2.05) is 0 Å². The van der Waals surface area contributed by atoms with E-state index in [9.17, 15) is 9.59 Å². The van der Waals surface area contributed by atoms with E-state index in [4.69, 9.17) is 31.2 Å². The molecule has 2 aromatic rings. The van der Waals surface area contributed by atoms with E-state index in [-0.39, 0.29) is 22.8 Å². The molecule has 7 heteroatoms. The van der Waals surface area contributed by atoms with E-state index >= 15 is 0 Å². The number of carbonyl (C=O) groups is 1. The zero-order chi connectivity index (χ0) is 17.4. The van der Waals surface area contributed by atoms with Crippen molar-refractivity contribution in [2.24, 2.45) is 5.73 Å². The fourth-order valence-electron chi connectivity index (χ4n) is 2.75. The molecule has 1 aliphatic rings. The zero-order valence-corrected chi connectivity index (χ0v) is 13.7. The van der Waals surface area contributed by atoms with E-state index in [1.54, 1.807) is 37.3 Å². The minimum absolute atomic E-state index is 0.00857. The molecule has 0 unspecified atom stereocenters. The average molecular weight is 348 g/mol. The predicted octanol–water partition coefficient (Wildman–Crippen LogP) is 2.47. The molecule has 0 amide bonds. The van der Waals surface area contributed by atoms with Crippen molar-refractivity contribution in [3.63, 3.8) is 0 Å². The first kappa shape index (κ1) is 16.1. The van der Waals surface area contributed by atoms with Crippen molar-refractivity contribution in [1.29, 1.82) is 0 Å². The van der Waals surface area contributed by atoms with Gasteiger partial charge in [0, 0.05) is 11.1 Å². The number of fused-ring (bicyclic) bond motifs is 1. The lowest BCUT2D eigenvalue weighted by atomic mass is 9.83. The van der Waals surface area contributed by atoms with E-state index in [0.717, 1.165) is 0 Å². The molecule has 0 aliphatic carbocycles. The lowest BCUT2D eigenvalue weighted by Crippen LogP contribution is -2.30. The molecular weight excluding hydrogens is 334 g/mol. The van der Waals surface area contributed by atoms with Crippen LogP contribution in [-0.4, -0.2) is 13.1 Å². The second-order valence-electron chi connectivity index (χ2n) is 5.25. The summed E-state index contributed by atoms with van der Waals surface area (Å²) in [5, 5.41) is 0.379. The maximum absolute atomic E-state index is 12.4. The lowest BCUT2D eigenvalue weighted by Gasteiger charge is -2.27. The number of halogens is 1. The van der Waals surface area contributed by atoms with Crippen molar-refractivity contribution in [3.8, 4) is 5.75 Å².